The topological polar surface area (TPSA) is 27.0 Å². The summed E-state index contributed by atoms with van der Waals surface area (Å²) in [5.74, 6) is 0.121. The number of likely N-dealkylation sites (N-methyl/N-ethyl adjacent to an activating group) is 1. The molecular weight excluding hydrogens is 383 g/mol. The Hall–Kier alpha value is -2.18. The molecule has 0 aliphatic heterocycles. The third-order valence-electron chi connectivity index (χ3n) is 6.55. The number of hydrogen-bond donors (Lipinski definition) is 0. The first-order valence-corrected chi connectivity index (χ1v) is 11.9. The second-order valence-electron chi connectivity index (χ2n) is 8.69. The summed E-state index contributed by atoms with van der Waals surface area (Å²) in [6, 6.07) is 21.9. The maximum atomic E-state index is 14.2. The van der Waals surface area contributed by atoms with Crippen LogP contribution in [0.4, 0.5) is 4.39 Å². The van der Waals surface area contributed by atoms with Gasteiger partial charge in [-0.25, -0.2) is 4.39 Å². The highest BCUT2D eigenvalue weighted by Gasteiger charge is 2.25. The Kier molecular flexibility index (Phi) is 11.3. The van der Waals surface area contributed by atoms with E-state index < -0.39 is 6.17 Å². The molecule has 168 valence electrons. The maximum Gasteiger partial charge on any atom is 0.107 e. The zero-order chi connectivity index (χ0) is 22.5. The first-order valence-electron chi connectivity index (χ1n) is 11.9. The smallest absolute Gasteiger partial charge is 0.107 e. The fraction of sp³-hybridized carbons (Fsp3) is 0.536. The number of nitrogens with zero attached hydrogens (tertiary/aromatic N) is 2. The van der Waals surface area contributed by atoms with E-state index in [1.54, 1.807) is 6.07 Å². The summed E-state index contributed by atoms with van der Waals surface area (Å²) in [6.45, 7) is 4.82. The van der Waals surface area contributed by atoms with Gasteiger partial charge in [0.1, 0.15) is 6.17 Å². The zero-order valence-corrected chi connectivity index (χ0v) is 19.6. The van der Waals surface area contributed by atoms with Crippen LogP contribution in [0.2, 0.25) is 0 Å². The highest BCUT2D eigenvalue weighted by atomic mass is 19.1. The summed E-state index contributed by atoms with van der Waals surface area (Å²) in [7, 11) is 2.25. The van der Waals surface area contributed by atoms with Gasteiger partial charge >= 0.3 is 0 Å². The number of hydrogen-bond acceptors (Lipinski definition) is 2. The van der Waals surface area contributed by atoms with Crippen molar-refractivity contribution in [2.45, 2.75) is 83.3 Å². The van der Waals surface area contributed by atoms with E-state index in [1.165, 1.54) is 42.9 Å². The van der Waals surface area contributed by atoms with Crippen LogP contribution in [-0.2, 0) is 12.8 Å². The Balaban J connectivity index is 0.00000107. The van der Waals surface area contributed by atoms with Crippen LogP contribution in [0.5, 0.6) is 0 Å². The van der Waals surface area contributed by atoms with Crippen molar-refractivity contribution in [2.75, 3.05) is 13.6 Å². The van der Waals surface area contributed by atoms with Gasteiger partial charge in [-0.05, 0) is 62.3 Å². The molecule has 2 nitrogen and oxygen atoms in total. The van der Waals surface area contributed by atoms with Crippen molar-refractivity contribution >= 4 is 0 Å². The van der Waals surface area contributed by atoms with Crippen LogP contribution in [0.1, 0.15) is 75.0 Å². The van der Waals surface area contributed by atoms with Crippen LogP contribution >= 0.6 is 0 Å². The normalized spacial score (nSPS) is 19.2. The van der Waals surface area contributed by atoms with Gasteiger partial charge in [0.25, 0.3) is 0 Å². The van der Waals surface area contributed by atoms with Gasteiger partial charge in [-0.15, -0.1) is 0 Å². The van der Waals surface area contributed by atoms with Crippen LogP contribution in [-0.4, -0.2) is 30.7 Å². The molecule has 0 N–H and O–H groups in total. The third kappa shape index (κ3) is 8.46. The van der Waals surface area contributed by atoms with Gasteiger partial charge in [0.2, 0.25) is 0 Å². The second kappa shape index (κ2) is 14.0. The molecule has 2 aromatic carbocycles. The molecule has 2 aromatic rings. The van der Waals surface area contributed by atoms with E-state index in [0.29, 0.717) is 6.04 Å². The Bertz CT molecular complexity index is 766. The van der Waals surface area contributed by atoms with Crippen molar-refractivity contribution in [1.82, 2.24) is 4.90 Å². The Morgan fingerprint density at radius 2 is 1.61 bits per heavy atom. The molecule has 0 amide bonds. The minimum absolute atomic E-state index is 0.121. The predicted octanol–water partition coefficient (Wildman–Crippen LogP) is 7.10. The van der Waals surface area contributed by atoms with Gasteiger partial charge in [-0.2, -0.15) is 5.26 Å². The second-order valence-corrected chi connectivity index (χ2v) is 8.69. The van der Waals surface area contributed by atoms with E-state index in [2.05, 4.69) is 73.5 Å². The van der Waals surface area contributed by atoms with Crippen LogP contribution in [0.25, 0.3) is 0 Å². The largest absolute Gasteiger partial charge is 0.303 e. The van der Waals surface area contributed by atoms with Gasteiger partial charge in [0.05, 0.1) is 6.07 Å². The third-order valence-corrected chi connectivity index (χ3v) is 6.55. The highest BCUT2D eigenvalue weighted by Crippen LogP contribution is 2.35. The number of nitriles is 1. The average Bonchev–Trinajstić information content (AvgIpc) is 2.80. The van der Waals surface area contributed by atoms with E-state index in [0.717, 1.165) is 38.6 Å². The number of rotatable bonds is 9. The Morgan fingerprint density at radius 1 is 1.00 bits per heavy atom. The number of aryl methyl sites for hydroxylation is 1. The van der Waals surface area contributed by atoms with Crippen molar-refractivity contribution in [1.29, 1.82) is 5.26 Å². The lowest BCUT2D eigenvalue weighted by atomic mass is 9.82. The lowest BCUT2D eigenvalue weighted by Gasteiger charge is -2.28. The minimum atomic E-state index is -0.651. The van der Waals surface area contributed by atoms with E-state index >= 15 is 0 Å². The van der Waals surface area contributed by atoms with Gasteiger partial charge in [0, 0.05) is 25.4 Å². The molecule has 1 aliphatic carbocycles. The van der Waals surface area contributed by atoms with Gasteiger partial charge in [0.15, 0.2) is 0 Å². The lowest BCUT2D eigenvalue weighted by molar-refractivity contribution is 0.216. The average molecular weight is 423 g/mol. The molecule has 3 rings (SSSR count). The quantitative estimate of drug-likeness (QED) is 0.431. The Labute approximate surface area is 189 Å². The predicted molar refractivity (Wildman–Crippen MR) is 129 cm³/mol. The van der Waals surface area contributed by atoms with E-state index in [1.807, 2.05) is 0 Å². The number of benzene rings is 2. The van der Waals surface area contributed by atoms with E-state index in [9.17, 15) is 4.39 Å². The van der Waals surface area contributed by atoms with Gasteiger partial charge in [-0.1, -0.05) is 74.4 Å². The van der Waals surface area contributed by atoms with Gasteiger partial charge < -0.3 is 4.90 Å². The van der Waals surface area contributed by atoms with E-state index in [-0.39, 0.29) is 5.92 Å². The molecule has 1 aliphatic rings. The van der Waals surface area contributed by atoms with Crippen LogP contribution in [0.15, 0.2) is 54.6 Å². The monoisotopic (exact) mass is 422 g/mol. The molecule has 0 radical (unpaired) electrons. The van der Waals surface area contributed by atoms with Crippen molar-refractivity contribution in [2.24, 2.45) is 0 Å². The zero-order valence-electron chi connectivity index (χ0n) is 19.6. The van der Waals surface area contributed by atoms with Gasteiger partial charge in [-0.3, -0.25) is 0 Å². The molecule has 3 unspecified atom stereocenters. The lowest BCUT2D eigenvalue weighted by Crippen LogP contribution is -2.33. The summed E-state index contributed by atoms with van der Waals surface area (Å²) in [5, 5.41) is 7.32. The SMILES string of the molecule is CC#N.CCC(CCc1ccc(C2CCCCC2F)cc1)N(C)CCc1ccccc1. The fourth-order valence-electron chi connectivity index (χ4n) is 4.59. The Morgan fingerprint density at radius 3 is 2.23 bits per heavy atom. The van der Waals surface area contributed by atoms with Crippen LogP contribution in [0, 0.1) is 11.3 Å². The number of alkyl halides is 1. The highest BCUT2D eigenvalue weighted by molar-refractivity contribution is 5.27. The van der Waals surface area contributed by atoms with E-state index in [4.69, 9.17) is 5.26 Å². The molecule has 0 saturated heterocycles. The minimum Gasteiger partial charge on any atom is -0.303 e. The summed E-state index contributed by atoms with van der Waals surface area (Å²) in [6.07, 6.45) is 7.86. The molecular formula is C28H39FN2. The van der Waals surface area contributed by atoms with Crippen molar-refractivity contribution in [3.63, 3.8) is 0 Å². The molecule has 1 saturated carbocycles. The van der Waals surface area contributed by atoms with Crippen molar-refractivity contribution < 1.29 is 4.39 Å². The summed E-state index contributed by atoms with van der Waals surface area (Å²) >= 11 is 0. The summed E-state index contributed by atoms with van der Waals surface area (Å²) in [4.78, 5) is 2.51. The first kappa shape index (κ1) is 25.1. The molecule has 0 heterocycles. The number of halogens is 1. The maximum absolute atomic E-state index is 14.2. The molecule has 3 heteroatoms. The molecule has 31 heavy (non-hydrogen) atoms. The molecule has 0 aromatic heterocycles. The van der Waals surface area contributed by atoms with Crippen LogP contribution in [0.3, 0.4) is 0 Å². The standard InChI is InChI=1S/C26H36FN.C2H3N/c1-3-24(28(2)20-19-21-9-5-4-6-10-21)18-15-22-13-16-23(17-14-22)25-11-7-8-12-26(25)27;1-2-3/h4-6,9-10,13-14,16-17,24-26H,3,7-8,11-12,15,18-20H2,1-2H3;1H3. The first-order chi connectivity index (χ1) is 15.1. The molecule has 3 atom stereocenters. The fourth-order valence-corrected chi connectivity index (χ4v) is 4.59. The molecule has 1 fully saturated rings. The van der Waals surface area contributed by atoms with Crippen molar-refractivity contribution in [3.05, 3.63) is 71.3 Å². The molecule has 0 spiro atoms. The summed E-state index contributed by atoms with van der Waals surface area (Å²) in [5.41, 5.74) is 3.99. The summed E-state index contributed by atoms with van der Waals surface area (Å²) < 4.78 is 14.2. The van der Waals surface area contributed by atoms with Crippen molar-refractivity contribution in [3.8, 4) is 6.07 Å². The van der Waals surface area contributed by atoms with Crippen LogP contribution < -0.4 is 0 Å². The molecule has 0 bridgehead atoms.